The molecule has 0 bridgehead atoms. The van der Waals surface area contributed by atoms with Crippen LogP contribution in [-0.2, 0) is 6.54 Å². The molecular weight excluding hydrogens is 473 g/mol. The third-order valence-electron chi connectivity index (χ3n) is 7.11. The van der Waals surface area contributed by atoms with Crippen molar-refractivity contribution in [3.05, 3.63) is 115 Å². The topological polar surface area (TPSA) is 34.6 Å². The Morgan fingerprint density at radius 1 is 0.632 bits per heavy atom. The number of para-hydroxylation sites is 2. The van der Waals surface area contributed by atoms with Gasteiger partial charge < -0.3 is 15.1 Å². The largest absolute Gasteiger partial charge is 0.369 e. The maximum Gasteiger partial charge on any atom is 0.123 e. The first-order chi connectivity index (χ1) is 18.7. The van der Waals surface area contributed by atoms with Gasteiger partial charge in [0.15, 0.2) is 0 Å². The molecule has 0 saturated carbocycles. The van der Waals surface area contributed by atoms with Crippen molar-refractivity contribution in [1.29, 1.82) is 0 Å². The number of piperazine rings is 2. The van der Waals surface area contributed by atoms with Gasteiger partial charge in [-0.3, -0.25) is 9.88 Å². The standard InChI is InChI=1S/C22H22FN3.C10H14N2/c23-20-8-6-18(7-9-20)19-10-11-24-21(16-19)17-25-12-14-26(15-13-25)22-4-2-1-3-5-22;1-2-4-10(5-3-1)12-8-6-11-7-9-12/h1-11,16H,12-15,17H2;1-5,11H,6-9H2. The summed E-state index contributed by atoms with van der Waals surface area (Å²) in [7, 11) is 0. The van der Waals surface area contributed by atoms with Crippen LogP contribution in [0.15, 0.2) is 103 Å². The minimum Gasteiger partial charge on any atom is -0.369 e. The molecule has 6 heteroatoms. The van der Waals surface area contributed by atoms with Crippen LogP contribution in [0.3, 0.4) is 0 Å². The van der Waals surface area contributed by atoms with E-state index < -0.39 is 0 Å². The van der Waals surface area contributed by atoms with E-state index in [-0.39, 0.29) is 5.82 Å². The average molecular weight is 510 g/mol. The maximum absolute atomic E-state index is 13.1. The van der Waals surface area contributed by atoms with Gasteiger partial charge in [0.2, 0.25) is 0 Å². The first kappa shape index (κ1) is 25.9. The fraction of sp³-hybridized carbons (Fsp3) is 0.281. The highest BCUT2D eigenvalue weighted by molar-refractivity contribution is 5.63. The summed E-state index contributed by atoms with van der Waals surface area (Å²) in [4.78, 5) is 11.8. The molecule has 2 fully saturated rings. The second kappa shape index (κ2) is 13.2. The number of pyridine rings is 1. The predicted octanol–water partition coefficient (Wildman–Crippen LogP) is 5.31. The van der Waals surface area contributed by atoms with Crippen LogP contribution in [0.2, 0.25) is 0 Å². The normalized spacial score (nSPS) is 16.0. The van der Waals surface area contributed by atoms with E-state index in [9.17, 15) is 4.39 Å². The van der Waals surface area contributed by atoms with Crippen molar-refractivity contribution in [2.45, 2.75) is 6.54 Å². The van der Waals surface area contributed by atoms with E-state index in [2.05, 4.69) is 91.7 Å². The highest BCUT2D eigenvalue weighted by Crippen LogP contribution is 2.21. The summed E-state index contributed by atoms with van der Waals surface area (Å²) < 4.78 is 13.1. The summed E-state index contributed by atoms with van der Waals surface area (Å²) in [5.74, 6) is -0.209. The molecule has 1 N–H and O–H groups in total. The Hall–Kier alpha value is -3.74. The van der Waals surface area contributed by atoms with Crippen LogP contribution >= 0.6 is 0 Å². The van der Waals surface area contributed by atoms with Gasteiger partial charge in [0.05, 0.1) is 5.69 Å². The van der Waals surface area contributed by atoms with Crippen molar-refractivity contribution in [3.8, 4) is 11.1 Å². The van der Waals surface area contributed by atoms with E-state index in [4.69, 9.17) is 0 Å². The zero-order chi connectivity index (χ0) is 26.0. The first-order valence-electron chi connectivity index (χ1n) is 13.5. The van der Waals surface area contributed by atoms with Crippen LogP contribution in [-0.4, -0.2) is 62.2 Å². The number of nitrogens with zero attached hydrogens (tertiary/aromatic N) is 4. The molecular formula is C32H36FN5. The molecule has 38 heavy (non-hydrogen) atoms. The fourth-order valence-corrected chi connectivity index (χ4v) is 4.98. The molecule has 2 aliphatic heterocycles. The highest BCUT2D eigenvalue weighted by atomic mass is 19.1. The van der Waals surface area contributed by atoms with Gasteiger partial charge in [-0.15, -0.1) is 0 Å². The number of anilines is 2. The molecule has 0 unspecified atom stereocenters. The minimum atomic E-state index is -0.209. The van der Waals surface area contributed by atoms with Crippen molar-refractivity contribution in [1.82, 2.24) is 15.2 Å². The van der Waals surface area contributed by atoms with Crippen molar-refractivity contribution < 1.29 is 4.39 Å². The minimum absolute atomic E-state index is 0.209. The van der Waals surface area contributed by atoms with Crippen molar-refractivity contribution >= 4 is 11.4 Å². The SMILES string of the molecule is Fc1ccc(-c2ccnc(CN3CCN(c4ccccc4)CC3)c2)cc1.c1ccc(N2CCNCC2)cc1. The number of hydrogen-bond donors (Lipinski definition) is 1. The summed E-state index contributed by atoms with van der Waals surface area (Å²) in [5.41, 5.74) is 5.80. The Kier molecular flexibility index (Phi) is 8.98. The van der Waals surface area contributed by atoms with E-state index in [0.29, 0.717) is 0 Å². The van der Waals surface area contributed by atoms with Gasteiger partial charge in [-0.25, -0.2) is 4.39 Å². The van der Waals surface area contributed by atoms with Crippen LogP contribution in [0, 0.1) is 5.82 Å². The molecule has 0 amide bonds. The molecule has 6 rings (SSSR count). The molecule has 4 aromatic rings. The quantitative estimate of drug-likeness (QED) is 0.395. The predicted molar refractivity (Wildman–Crippen MR) is 155 cm³/mol. The van der Waals surface area contributed by atoms with E-state index in [1.54, 1.807) is 0 Å². The molecule has 3 aromatic carbocycles. The Balaban J connectivity index is 0.000000204. The summed E-state index contributed by atoms with van der Waals surface area (Å²) in [5, 5.41) is 3.34. The zero-order valence-corrected chi connectivity index (χ0v) is 21.8. The Morgan fingerprint density at radius 3 is 1.82 bits per heavy atom. The monoisotopic (exact) mass is 509 g/mol. The maximum atomic E-state index is 13.1. The van der Waals surface area contributed by atoms with Crippen LogP contribution in [0.4, 0.5) is 15.8 Å². The Labute approximate surface area is 225 Å². The molecule has 196 valence electrons. The van der Waals surface area contributed by atoms with Gasteiger partial charge >= 0.3 is 0 Å². The summed E-state index contributed by atoms with van der Waals surface area (Å²) in [6.07, 6.45) is 1.84. The van der Waals surface area contributed by atoms with Crippen molar-refractivity contribution in [2.24, 2.45) is 0 Å². The summed E-state index contributed by atoms with van der Waals surface area (Å²) in [6.45, 7) is 9.42. The van der Waals surface area contributed by atoms with Gasteiger partial charge in [0.25, 0.3) is 0 Å². The smallest absolute Gasteiger partial charge is 0.123 e. The first-order valence-corrected chi connectivity index (χ1v) is 13.5. The zero-order valence-electron chi connectivity index (χ0n) is 21.8. The second-order valence-corrected chi connectivity index (χ2v) is 9.71. The lowest BCUT2D eigenvalue weighted by atomic mass is 10.1. The van der Waals surface area contributed by atoms with E-state index >= 15 is 0 Å². The second-order valence-electron chi connectivity index (χ2n) is 9.71. The highest BCUT2D eigenvalue weighted by Gasteiger charge is 2.17. The third-order valence-corrected chi connectivity index (χ3v) is 7.11. The molecule has 3 heterocycles. The number of rotatable bonds is 5. The molecule has 0 atom stereocenters. The molecule has 2 aliphatic rings. The number of hydrogen-bond acceptors (Lipinski definition) is 5. The van der Waals surface area contributed by atoms with Gasteiger partial charge in [-0.2, -0.15) is 0 Å². The van der Waals surface area contributed by atoms with E-state index in [0.717, 1.165) is 75.7 Å². The van der Waals surface area contributed by atoms with Crippen LogP contribution < -0.4 is 15.1 Å². The number of nitrogens with one attached hydrogen (secondary N) is 1. The molecule has 0 aliphatic carbocycles. The molecule has 0 radical (unpaired) electrons. The lowest BCUT2D eigenvalue weighted by Gasteiger charge is -2.36. The summed E-state index contributed by atoms with van der Waals surface area (Å²) >= 11 is 0. The lowest BCUT2D eigenvalue weighted by Crippen LogP contribution is -2.46. The van der Waals surface area contributed by atoms with Crippen molar-refractivity contribution in [3.63, 3.8) is 0 Å². The Bertz CT molecular complexity index is 1240. The lowest BCUT2D eigenvalue weighted by molar-refractivity contribution is 0.247. The average Bonchev–Trinajstić information content (AvgIpc) is 3.00. The molecule has 1 aromatic heterocycles. The molecule has 0 spiro atoms. The van der Waals surface area contributed by atoms with Gasteiger partial charge in [-0.05, 0) is 59.7 Å². The van der Waals surface area contributed by atoms with Crippen LogP contribution in [0.1, 0.15) is 5.69 Å². The van der Waals surface area contributed by atoms with Crippen LogP contribution in [0.5, 0.6) is 0 Å². The third kappa shape index (κ3) is 7.18. The van der Waals surface area contributed by atoms with Gasteiger partial charge in [-0.1, -0.05) is 48.5 Å². The van der Waals surface area contributed by atoms with E-state index in [1.807, 2.05) is 24.4 Å². The molecule has 2 saturated heterocycles. The van der Waals surface area contributed by atoms with Crippen molar-refractivity contribution in [2.75, 3.05) is 62.2 Å². The van der Waals surface area contributed by atoms with Gasteiger partial charge in [0.1, 0.15) is 5.82 Å². The molecule has 5 nitrogen and oxygen atoms in total. The Morgan fingerprint density at radius 2 is 1.21 bits per heavy atom. The number of benzene rings is 3. The van der Waals surface area contributed by atoms with Crippen LogP contribution in [0.25, 0.3) is 11.1 Å². The van der Waals surface area contributed by atoms with E-state index in [1.165, 1.54) is 23.5 Å². The number of halogens is 1. The van der Waals surface area contributed by atoms with Gasteiger partial charge in [0, 0.05) is 76.5 Å². The fourth-order valence-electron chi connectivity index (χ4n) is 4.98. The number of aromatic nitrogens is 1. The summed E-state index contributed by atoms with van der Waals surface area (Å²) in [6, 6.07) is 31.9.